The Balaban J connectivity index is 2.06. The monoisotopic (exact) mass is 363 g/mol. The lowest BCUT2D eigenvalue weighted by Gasteiger charge is -2.06. The first-order valence-electron chi connectivity index (χ1n) is 7.29. The second-order valence-electron chi connectivity index (χ2n) is 4.96. The fourth-order valence-electron chi connectivity index (χ4n) is 2.10. The highest BCUT2D eigenvalue weighted by Gasteiger charge is 2.14. The maximum atomic E-state index is 5.99. The molecule has 1 heterocycles. The third kappa shape index (κ3) is 3.89. The van der Waals surface area contributed by atoms with E-state index in [1.807, 2.05) is 53.2 Å². The molecule has 0 fully saturated rings. The smallest absolute Gasteiger partial charge is 0.209 e. The lowest BCUT2D eigenvalue weighted by Crippen LogP contribution is -1.99. The zero-order valence-electron chi connectivity index (χ0n) is 12.5. The average molecular weight is 364 g/mol. The van der Waals surface area contributed by atoms with Gasteiger partial charge >= 0.3 is 0 Å². The molecule has 3 nitrogen and oxygen atoms in total. The second kappa shape index (κ2) is 7.39. The topological polar surface area (TPSA) is 30.7 Å². The fourth-order valence-corrected chi connectivity index (χ4v) is 3.02. The van der Waals surface area contributed by atoms with Gasteiger partial charge < -0.3 is 0 Å². The van der Waals surface area contributed by atoms with E-state index in [1.54, 1.807) is 11.8 Å². The number of hydrogen-bond acceptors (Lipinski definition) is 3. The number of benzene rings is 2. The summed E-state index contributed by atoms with van der Waals surface area (Å²) in [5.74, 6) is 1.78. The van der Waals surface area contributed by atoms with Gasteiger partial charge in [0.25, 0.3) is 0 Å². The summed E-state index contributed by atoms with van der Waals surface area (Å²) >= 11 is 13.6. The number of aromatic nitrogens is 3. The summed E-state index contributed by atoms with van der Waals surface area (Å²) in [7, 11) is 0. The molecule has 0 aliphatic rings. The average Bonchev–Trinajstić information content (AvgIpc) is 2.98. The van der Waals surface area contributed by atoms with E-state index in [4.69, 9.17) is 23.2 Å². The molecule has 6 heteroatoms. The van der Waals surface area contributed by atoms with Crippen molar-refractivity contribution in [2.45, 2.75) is 18.5 Å². The van der Waals surface area contributed by atoms with Crippen molar-refractivity contribution in [2.75, 3.05) is 5.75 Å². The van der Waals surface area contributed by atoms with Gasteiger partial charge in [-0.2, -0.15) is 0 Å². The number of hydrogen-bond donors (Lipinski definition) is 0. The van der Waals surface area contributed by atoms with E-state index in [2.05, 4.69) is 17.0 Å². The minimum Gasteiger partial charge on any atom is -0.212 e. The fraction of sp³-hybridized carbons (Fsp3) is 0.176. The molecule has 2 aromatic carbocycles. The molecule has 0 unspecified atom stereocenters. The van der Waals surface area contributed by atoms with Crippen LogP contribution in [0.4, 0.5) is 0 Å². The Bertz CT molecular complexity index is 720. The van der Waals surface area contributed by atoms with E-state index in [0.717, 1.165) is 34.4 Å². The van der Waals surface area contributed by atoms with Crippen LogP contribution in [0.5, 0.6) is 0 Å². The lowest BCUT2D eigenvalue weighted by atomic mass is 10.2. The molecule has 3 aromatic rings. The number of halogens is 2. The van der Waals surface area contributed by atoms with Gasteiger partial charge in [0.05, 0.1) is 5.69 Å². The van der Waals surface area contributed by atoms with Crippen LogP contribution in [0.2, 0.25) is 10.0 Å². The Morgan fingerprint density at radius 3 is 2.17 bits per heavy atom. The SMILES string of the molecule is CCCSc1nc(-c2ccc(Cl)cc2)n(-c2ccc(Cl)cc2)n1. The van der Waals surface area contributed by atoms with Crippen LogP contribution in [-0.2, 0) is 0 Å². The Morgan fingerprint density at radius 2 is 1.57 bits per heavy atom. The Morgan fingerprint density at radius 1 is 0.957 bits per heavy atom. The van der Waals surface area contributed by atoms with Gasteiger partial charge in [-0.3, -0.25) is 0 Å². The zero-order valence-corrected chi connectivity index (χ0v) is 14.9. The minimum atomic E-state index is 0.697. The molecule has 0 aliphatic carbocycles. The Hall–Kier alpha value is -1.49. The minimum absolute atomic E-state index is 0.697. The first-order chi connectivity index (χ1) is 11.2. The lowest BCUT2D eigenvalue weighted by molar-refractivity contribution is 0.838. The normalized spacial score (nSPS) is 10.9. The second-order valence-corrected chi connectivity index (χ2v) is 6.90. The van der Waals surface area contributed by atoms with Crippen LogP contribution in [0.15, 0.2) is 53.7 Å². The molecule has 0 radical (unpaired) electrons. The van der Waals surface area contributed by atoms with Crippen LogP contribution in [0, 0.1) is 0 Å². The van der Waals surface area contributed by atoms with Gasteiger partial charge in [-0.15, -0.1) is 5.10 Å². The molecular weight excluding hydrogens is 349 g/mol. The molecule has 0 aliphatic heterocycles. The molecule has 0 saturated heterocycles. The molecule has 0 bridgehead atoms. The summed E-state index contributed by atoms with van der Waals surface area (Å²) in [6.07, 6.45) is 1.08. The quantitative estimate of drug-likeness (QED) is 0.541. The molecule has 118 valence electrons. The maximum absolute atomic E-state index is 5.99. The standard InChI is InChI=1S/C17H15Cl2N3S/c1-2-11-23-17-20-16(12-3-5-13(18)6-4-12)22(21-17)15-9-7-14(19)8-10-15/h3-10H,2,11H2,1H3. The molecule has 0 spiro atoms. The van der Waals surface area contributed by atoms with Crippen LogP contribution in [0.1, 0.15) is 13.3 Å². The predicted octanol–water partition coefficient (Wildman–Crippen LogP) is 5.74. The largest absolute Gasteiger partial charge is 0.212 e. The van der Waals surface area contributed by atoms with Crippen molar-refractivity contribution >= 4 is 35.0 Å². The van der Waals surface area contributed by atoms with Gasteiger partial charge in [0.2, 0.25) is 5.16 Å². The highest BCUT2D eigenvalue weighted by atomic mass is 35.5. The maximum Gasteiger partial charge on any atom is 0.209 e. The molecule has 3 rings (SSSR count). The van der Waals surface area contributed by atoms with E-state index in [9.17, 15) is 0 Å². The van der Waals surface area contributed by atoms with Crippen molar-refractivity contribution in [3.63, 3.8) is 0 Å². The molecule has 0 N–H and O–H groups in total. The molecule has 23 heavy (non-hydrogen) atoms. The number of nitrogens with zero attached hydrogens (tertiary/aromatic N) is 3. The summed E-state index contributed by atoms with van der Waals surface area (Å²) in [5, 5.41) is 6.81. The van der Waals surface area contributed by atoms with Gasteiger partial charge in [0.15, 0.2) is 5.82 Å². The highest BCUT2D eigenvalue weighted by molar-refractivity contribution is 7.99. The summed E-state index contributed by atoms with van der Waals surface area (Å²) < 4.78 is 1.84. The van der Waals surface area contributed by atoms with E-state index < -0.39 is 0 Å². The van der Waals surface area contributed by atoms with Crippen molar-refractivity contribution in [3.05, 3.63) is 58.6 Å². The molecule has 1 aromatic heterocycles. The van der Waals surface area contributed by atoms with Crippen molar-refractivity contribution in [3.8, 4) is 17.1 Å². The van der Waals surface area contributed by atoms with E-state index in [0.29, 0.717) is 10.0 Å². The van der Waals surface area contributed by atoms with Gasteiger partial charge in [0.1, 0.15) is 0 Å². The highest BCUT2D eigenvalue weighted by Crippen LogP contribution is 2.26. The van der Waals surface area contributed by atoms with Crippen LogP contribution >= 0.6 is 35.0 Å². The van der Waals surface area contributed by atoms with Gasteiger partial charge in [-0.1, -0.05) is 41.9 Å². The van der Waals surface area contributed by atoms with E-state index >= 15 is 0 Å². The van der Waals surface area contributed by atoms with E-state index in [1.165, 1.54) is 0 Å². The van der Waals surface area contributed by atoms with Crippen molar-refractivity contribution < 1.29 is 0 Å². The van der Waals surface area contributed by atoms with Gasteiger partial charge in [0, 0.05) is 21.4 Å². The zero-order chi connectivity index (χ0) is 16.2. The molecule has 0 atom stereocenters. The molecule has 0 amide bonds. The van der Waals surface area contributed by atoms with Crippen LogP contribution in [0.25, 0.3) is 17.1 Å². The van der Waals surface area contributed by atoms with Crippen molar-refractivity contribution in [2.24, 2.45) is 0 Å². The first-order valence-corrected chi connectivity index (χ1v) is 9.03. The molecule has 0 saturated carbocycles. The Labute approximate surface area is 149 Å². The van der Waals surface area contributed by atoms with E-state index in [-0.39, 0.29) is 0 Å². The predicted molar refractivity (Wildman–Crippen MR) is 97.8 cm³/mol. The summed E-state index contributed by atoms with van der Waals surface area (Å²) in [5.41, 5.74) is 1.90. The summed E-state index contributed by atoms with van der Waals surface area (Å²) in [4.78, 5) is 4.69. The van der Waals surface area contributed by atoms with Crippen LogP contribution < -0.4 is 0 Å². The van der Waals surface area contributed by atoms with Crippen LogP contribution in [0.3, 0.4) is 0 Å². The summed E-state index contributed by atoms with van der Waals surface area (Å²) in [6, 6.07) is 15.2. The number of rotatable bonds is 5. The molecular formula is C17H15Cl2N3S. The van der Waals surface area contributed by atoms with Crippen molar-refractivity contribution in [1.82, 2.24) is 14.8 Å². The van der Waals surface area contributed by atoms with Gasteiger partial charge in [-0.05, 0) is 55.0 Å². The third-order valence-electron chi connectivity index (χ3n) is 3.20. The van der Waals surface area contributed by atoms with Crippen molar-refractivity contribution in [1.29, 1.82) is 0 Å². The first kappa shape index (κ1) is 16.4. The third-order valence-corrected chi connectivity index (χ3v) is 4.74. The van der Waals surface area contributed by atoms with Gasteiger partial charge in [-0.25, -0.2) is 9.67 Å². The summed E-state index contributed by atoms with van der Waals surface area (Å²) in [6.45, 7) is 2.14. The number of thioether (sulfide) groups is 1. The Kier molecular flexibility index (Phi) is 5.26. The van der Waals surface area contributed by atoms with Crippen LogP contribution in [-0.4, -0.2) is 20.5 Å².